The molecule has 6 heteroatoms. The van der Waals surface area contributed by atoms with Crippen molar-refractivity contribution in [1.82, 2.24) is 0 Å². The van der Waals surface area contributed by atoms with E-state index in [1.807, 2.05) is 31.2 Å². The molecular weight excluding hydrogens is 504 g/mol. The Bertz CT molecular complexity index is 1050. The van der Waals surface area contributed by atoms with Crippen LogP contribution < -0.4 is 0 Å². The second-order valence-corrected chi connectivity index (χ2v) is 19.9. The molecule has 5 rings (SSSR count). The van der Waals surface area contributed by atoms with Gasteiger partial charge in [-0.1, -0.05) is 59.2 Å². The average molecular weight is 557 g/mol. The molecule has 5 nitrogen and oxygen atoms in total. The predicted molar refractivity (Wildman–Crippen MR) is 157 cm³/mol. The van der Waals surface area contributed by atoms with Crippen molar-refractivity contribution < 1.29 is 23.4 Å². The van der Waals surface area contributed by atoms with Gasteiger partial charge in [-0.3, -0.25) is 0 Å². The Kier molecular flexibility index (Phi) is 7.48. The summed E-state index contributed by atoms with van der Waals surface area (Å²) >= 11 is 0. The van der Waals surface area contributed by atoms with Crippen LogP contribution in [0.3, 0.4) is 0 Å². The van der Waals surface area contributed by atoms with Gasteiger partial charge in [0.05, 0.1) is 24.9 Å². The average Bonchev–Trinajstić information content (AvgIpc) is 3.46. The lowest BCUT2D eigenvalue weighted by atomic mass is 9.45. The van der Waals surface area contributed by atoms with Gasteiger partial charge in [-0.15, -0.1) is 0 Å². The number of carbonyl (C=O) groups excluding carboxylic acids is 1. The van der Waals surface area contributed by atoms with Crippen LogP contribution in [0.25, 0.3) is 0 Å². The zero-order valence-corrected chi connectivity index (χ0v) is 26.9. The van der Waals surface area contributed by atoms with Gasteiger partial charge in [0.25, 0.3) is 0 Å². The fourth-order valence-corrected chi connectivity index (χ4v) is 9.94. The molecule has 0 aromatic heterocycles. The number of esters is 1. The maximum Gasteiger partial charge on any atom is 0.338 e. The van der Waals surface area contributed by atoms with E-state index in [9.17, 15) is 4.79 Å². The normalized spacial score (nSPS) is 38.2. The number of ether oxygens (including phenoxy) is 3. The minimum Gasteiger partial charge on any atom is -0.458 e. The van der Waals surface area contributed by atoms with Crippen molar-refractivity contribution in [1.29, 1.82) is 0 Å². The molecule has 0 unspecified atom stereocenters. The van der Waals surface area contributed by atoms with Crippen LogP contribution in [0.1, 0.15) is 96.0 Å². The van der Waals surface area contributed by atoms with Crippen LogP contribution in [0.15, 0.2) is 24.3 Å². The molecule has 1 aromatic carbocycles. The summed E-state index contributed by atoms with van der Waals surface area (Å²) in [5, 5.41) is 0.0888. The highest BCUT2D eigenvalue weighted by molar-refractivity contribution is 6.74. The summed E-state index contributed by atoms with van der Waals surface area (Å²) in [6.07, 6.45) is 5.83. The second kappa shape index (κ2) is 9.96. The van der Waals surface area contributed by atoms with Gasteiger partial charge in [0.2, 0.25) is 0 Å². The van der Waals surface area contributed by atoms with Crippen LogP contribution in [-0.2, 0) is 18.6 Å². The highest BCUT2D eigenvalue weighted by Crippen LogP contribution is 2.69. The van der Waals surface area contributed by atoms with Crippen molar-refractivity contribution in [3.8, 4) is 0 Å². The number of carbonyl (C=O) groups is 1. The van der Waals surface area contributed by atoms with Crippen LogP contribution in [0.5, 0.6) is 0 Å². The standard InChI is InChI=1S/C33H52O5Si/c1-22-10-12-25(13-11-22)29(34)37-26-15-17-32-16-14-23(2)31(7,28(26)32)27(38-39(8,9)30(4,5)6)21-33(20-24(32)3)35-18-19-36-33/h10-13,23-24,26-28H,14-21H2,1-9H3/t23-,24+,26+,27-,28+,31+,32+/m1/s1. The van der Waals surface area contributed by atoms with Gasteiger partial charge in [0.1, 0.15) is 6.10 Å². The maximum atomic E-state index is 13.5. The molecular formula is C33H52O5Si. The van der Waals surface area contributed by atoms with Crippen LogP contribution in [-0.4, -0.2) is 45.5 Å². The fourth-order valence-electron chi connectivity index (χ4n) is 8.53. The molecule has 0 N–H and O–H groups in total. The topological polar surface area (TPSA) is 54.0 Å². The Morgan fingerprint density at radius 3 is 2.21 bits per heavy atom. The van der Waals surface area contributed by atoms with Gasteiger partial charge in [-0.2, -0.15) is 0 Å². The molecule has 1 saturated heterocycles. The first-order chi connectivity index (χ1) is 18.1. The molecule has 218 valence electrons. The van der Waals surface area contributed by atoms with E-state index < -0.39 is 14.1 Å². The Morgan fingerprint density at radius 2 is 1.59 bits per heavy atom. The monoisotopic (exact) mass is 556 g/mol. The molecule has 2 bridgehead atoms. The van der Waals surface area contributed by atoms with Gasteiger partial charge in [-0.05, 0) is 80.1 Å². The molecule has 1 aliphatic heterocycles. The summed E-state index contributed by atoms with van der Waals surface area (Å²) in [5.74, 6) is 0.310. The van der Waals surface area contributed by atoms with Gasteiger partial charge in [-0.25, -0.2) is 4.79 Å². The Morgan fingerprint density at radius 1 is 0.974 bits per heavy atom. The van der Waals surface area contributed by atoms with Crippen molar-refractivity contribution in [2.75, 3.05) is 13.2 Å². The molecule has 4 fully saturated rings. The first-order valence-electron chi connectivity index (χ1n) is 15.4. The van der Waals surface area contributed by atoms with E-state index in [4.69, 9.17) is 18.6 Å². The van der Waals surface area contributed by atoms with Crippen LogP contribution >= 0.6 is 0 Å². The van der Waals surface area contributed by atoms with E-state index in [0.717, 1.165) is 37.7 Å². The van der Waals surface area contributed by atoms with Gasteiger partial charge < -0.3 is 18.6 Å². The molecule has 1 spiro atoms. The zero-order valence-electron chi connectivity index (χ0n) is 25.9. The van der Waals surface area contributed by atoms with E-state index in [1.54, 1.807) is 0 Å². The highest BCUT2D eigenvalue weighted by atomic mass is 28.4. The number of benzene rings is 1. The van der Waals surface area contributed by atoms with E-state index >= 15 is 0 Å². The van der Waals surface area contributed by atoms with E-state index in [2.05, 4.69) is 54.6 Å². The summed E-state index contributed by atoms with van der Waals surface area (Å²) in [6, 6.07) is 7.78. The minimum absolute atomic E-state index is 0.0256. The number of rotatable bonds is 4. The van der Waals surface area contributed by atoms with Crippen molar-refractivity contribution in [2.45, 2.75) is 123 Å². The molecule has 0 radical (unpaired) electrons. The Labute approximate surface area is 237 Å². The first kappa shape index (κ1) is 29.3. The quantitative estimate of drug-likeness (QED) is 0.279. The summed E-state index contributed by atoms with van der Waals surface area (Å²) in [5.41, 5.74) is 1.70. The first-order valence-corrected chi connectivity index (χ1v) is 18.3. The molecule has 7 atom stereocenters. The Balaban J connectivity index is 1.58. The lowest BCUT2D eigenvalue weighted by molar-refractivity contribution is -0.248. The number of aryl methyl sites for hydroxylation is 1. The molecule has 1 aromatic rings. The van der Waals surface area contributed by atoms with E-state index in [-0.39, 0.29) is 40.0 Å². The van der Waals surface area contributed by atoms with Crippen LogP contribution in [0.4, 0.5) is 0 Å². The third kappa shape index (κ3) is 4.85. The summed E-state index contributed by atoms with van der Waals surface area (Å²) in [6.45, 7) is 22.3. The summed E-state index contributed by atoms with van der Waals surface area (Å²) in [4.78, 5) is 13.5. The highest BCUT2D eigenvalue weighted by Gasteiger charge is 2.68. The van der Waals surface area contributed by atoms with Crippen molar-refractivity contribution >= 4 is 14.3 Å². The zero-order chi connectivity index (χ0) is 28.4. The lowest BCUT2D eigenvalue weighted by Crippen LogP contribution is -2.64. The third-order valence-electron chi connectivity index (χ3n) is 12.1. The second-order valence-electron chi connectivity index (χ2n) is 15.1. The molecule has 0 amide bonds. The van der Waals surface area contributed by atoms with Gasteiger partial charge >= 0.3 is 5.97 Å². The van der Waals surface area contributed by atoms with Crippen molar-refractivity contribution in [3.05, 3.63) is 35.4 Å². The van der Waals surface area contributed by atoms with Crippen LogP contribution in [0, 0.1) is 35.5 Å². The van der Waals surface area contributed by atoms with Gasteiger partial charge in [0.15, 0.2) is 14.1 Å². The number of hydrogen-bond donors (Lipinski definition) is 0. The molecule has 39 heavy (non-hydrogen) atoms. The third-order valence-corrected chi connectivity index (χ3v) is 16.5. The van der Waals surface area contributed by atoms with E-state index in [1.165, 1.54) is 6.42 Å². The smallest absolute Gasteiger partial charge is 0.338 e. The van der Waals surface area contributed by atoms with Gasteiger partial charge in [0, 0.05) is 24.2 Å². The largest absolute Gasteiger partial charge is 0.458 e. The fraction of sp³-hybridized carbons (Fsp3) is 0.788. The van der Waals surface area contributed by atoms with E-state index in [0.29, 0.717) is 30.6 Å². The molecule has 3 aliphatic carbocycles. The Hall–Kier alpha value is -1.21. The molecule has 3 saturated carbocycles. The van der Waals surface area contributed by atoms with Crippen molar-refractivity contribution in [3.63, 3.8) is 0 Å². The molecule has 4 aliphatic rings. The number of hydrogen-bond acceptors (Lipinski definition) is 5. The van der Waals surface area contributed by atoms with Crippen LogP contribution in [0.2, 0.25) is 18.1 Å². The minimum atomic E-state index is -2.13. The lowest BCUT2D eigenvalue weighted by Gasteiger charge is -2.63. The predicted octanol–water partition coefficient (Wildman–Crippen LogP) is 7.92. The summed E-state index contributed by atoms with van der Waals surface area (Å²) < 4.78 is 27.0. The SMILES string of the molecule is Cc1ccc(C(=O)O[C@H]2CC[C@]34CC[C@@H](C)[C@](C)([C@H]23)[C@H](O[Si](C)(C)C(C)(C)C)CC2(C[C@@H]4C)OCCO2)cc1. The summed E-state index contributed by atoms with van der Waals surface area (Å²) in [7, 11) is -2.13. The van der Waals surface area contributed by atoms with Crippen molar-refractivity contribution in [2.24, 2.45) is 28.6 Å². The molecule has 1 heterocycles. The maximum absolute atomic E-state index is 13.5.